The van der Waals surface area contributed by atoms with Crippen molar-refractivity contribution in [2.24, 2.45) is 0 Å². The number of methoxy groups -OCH3 is 1. The quantitative estimate of drug-likeness (QED) is 0.539. The molecule has 0 atom stereocenters. The van der Waals surface area contributed by atoms with Gasteiger partial charge in [-0.05, 0) is 60.2 Å². The lowest BCUT2D eigenvalue weighted by Crippen LogP contribution is -2.23. The highest BCUT2D eigenvalue weighted by molar-refractivity contribution is 7.89. The first-order valence-electron chi connectivity index (χ1n) is 9.49. The van der Waals surface area contributed by atoms with Gasteiger partial charge < -0.3 is 19.5 Å². The molecule has 0 aromatic heterocycles. The fraction of sp³-hybridized carbons (Fsp3) is 0.136. The number of nitrogens with one attached hydrogen (secondary N) is 2. The number of carbonyl (C=O) groups is 1. The molecule has 166 valence electrons. The summed E-state index contributed by atoms with van der Waals surface area (Å²) in [6.45, 7) is 0.193. The topological polar surface area (TPSA) is 103 Å². The fourth-order valence-corrected chi connectivity index (χ4v) is 4.23. The zero-order valence-corrected chi connectivity index (χ0v) is 18.5. The summed E-state index contributed by atoms with van der Waals surface area (Å²) >= 11 is 5.86. The first-order chi connectivity index (χ1) is 15.4. The molecule has 4 rings (SSSR count). The van der Waals surface area contributed by atoms with Gasteiger partial charge in [0.15, 0.2) is 11.5 Å². The van der Waals surface area contributed by atoms with Crippen LogP contribution in [-0.2, 0) is 16.6 Å². The number of carbonyl (C=O) groups excluding carboxylic acids is 1. The Morgan fingerprint density at radius 2 is 1.78 bits per heavy atom. The number of hydrogen-bond acceptors (Lipinski definition) is 6. The summed E-state index contributed by atoms with van der Waals surface area (Å²) in [6.07, 6.45) is 0. The normalized spacial score (nSPS) is 12.4. The van der Waals surface area contributed by atoms with Gasteiger partial charge in [0, 0.05) is 17.1 Å². The van der Waals surface area contributed by atoms with Crippen LogP contribution in [0.15, 0.2) is 65.6 Å². The van der Waals surface area contributed by atoms with Gasteiger partial charge in [0.05, 0.1) is 17.7 Å². The number of anilines is 1. The average Bonchev–Trinajstić information content (AvgIpc) is 3.26. The third-order valence-corrected chi connectivity index (χ3v) is 6.39. The maximum Gasteiger partial charge on any atom is 0.255 e. The highest BCUT2D eigenvalue weighted by atomic mass is 35.5. The van der Waals surface area contributed by atoms with Gasteiger partial charge in [-0.25, -0.2) is 13.1 Å². The molecule has 0 spiro atoms. The van der Waals surface area contributed by atoms with Gasteiger partial charge in [0.2, 0.25) is 16.8 Å². The molecule has 1 heterocycles. The summed E-state index contributed by atoms with van der Waals surface area (Å²) in [5, 5.41) is 3.18. The standard InChI is InChI=1S/C22H19ClN2O6S/c1-29-19-9-7-17(11-18(19)25-22(26)15-3-5-16(23)6-4-15)32(27,28)24-12-14-2-8-20-21(10-14)31-13-30-20/h2-11,24H,12-13H2,1H3,(H,25,26). The van der Waals surface area contributed by atoms with E-state index in [2.05, 4.69) is 10.0 Å². The van der Waals surface area contributed by atoms with Crippen molar-refractivity contribution in [3.05, 3.63) is 76.8 Å². The minimum atomic E-state index is -3.87. The minimum Gasteiger partial charge on any atom is -0.495 e. The van der Waals surface area contributed by atoms with Crippen LogP contribution in [0, 0.1) is 0 Å². The van der Waals surface area contributed by atoms with Gasteiger partial charge in [0.25, 0.3) is 5.91 Å². The van der Waals surface area contributed by atoms with Crippen molar-refractivity contribution in [1.82, 2.24) is 4.72 Å². The zero-order valence-electron chi connectivity index (χ0n) is 16.9. The van der Waals surface area contributed by atoms with Gasteiger partial charge in [-0.1, -0.05) is 17.7 Å². The number of hydrogen-bond donors (Lipinski definition) is 2. The molecule has 32 heavy (non-hydrogen) atoms. The number of amides is 1. The number of rotatable bonds is 7. The molecule has 0 saturated carbocycles. The van der Waals surface area contributed by atoms with E-state index in [4.69, 9.17) is 25.8 Å². The Balaban J connectivity index is 1.52. The summed E-state index contributed by atoms with van der Waals surface area (Å²) < 4.78 is 44.1. The lowest BCUT2D eigenvalue weighted by atomic mass is 10.2. The maximum atomic E-state index is 12.8. The van der Waals surface area contributed by atoms with E-state index in [9.17, 15) is 13.2 Å². The van der Waals surface area contributed by atoms with E-state index in [1.807, 2.05) is 0 Å². The van der Waals surface area contributed by atoms with E-state index < -0.39 is 15.9 Å². The third-order valence-electron chi connectivity index (χ3n) is 4.74. The van der Waals surface area contributed by atoms with Crippen LogP contribution in [0.2, 0.25) is 5.02 Å². The first-order valence-corrected chi connectivity index (χ1v) is 11.3. The smallest absolute Gasteiger partial charge is 0.255 e. The van der Waals surface area contributed by atoms with Crippen LogP contribution >= 0.6 is 11.6 Å². The highest BCUT2D eigenvalue weighted by Crippen LogP contribution is 2.33. The van der Waals surface area contributed by atoms with Crippen LogP contribution in [0.25, 0.3) is 0 Å². The Labute approximate surface area is 190 Å². The Morgan fingerprint density at radius 1 is 1.03 bits per heavy atom. The predicted molar refractivity (Wildman–Crippen MR) is 119 cm³/mol. The largest absolute Gasteiger partial charge is 0.495 e. The van der Waals surface area contributed by atoms with Gasteiger partial charge in [-0.3, -0.25) is 4.79 Å². The van der Waals surface area contributed by atoms with Gasteiger partial charge in [-0.2, -0.15) is 0 Å². The van der Waals surface area contributed by atoms with Crippen molar-refractivity contribution in [2.45, 2.75) is 11.4 Å². The molecule has 0 unspecified atom stereocenters. The number of ether oxygens (including phenoxy) is 3. The van der Waals surface area contributed by atoms with E-state index in [-0.39, 0.29) is 23.9 Å². The summed E-state index contributed by atoms with van der Waals surface area (Å²) in [5.74, 6) is 1.08. The predicted octanol–water partition coefficient (Wildman–Crippen LogP) is 3.81. The summed E-state index contributed by atoms with van der Waals surface area (Å²) in [6, 6.07) is 15.7. The highest BCUT2D eigenvalue weighted by Gasteiger charge is 2.19. The van der Waals surface area contributed by atoms with Crippen LogP contribution in [0.5, 0.6) is 17.2 Å². The van der Waals surface area contributed by atoms with Gasteiger partial charge in [0.1, 0.15) is 5.75 Å². The van der Waals surface area contributed by atoms with E-state index in [0.29, 0.717) is 33.4 Å². The molecular formula is C22H19ClN2O6S. The van der Waals surface area contributed by atoms with Crippen LogP contribution in [-0.4, -0.2) is 28.2 Å². The Kier molecular flexibility index (Phi) is 6.22. The number of halogens is 1. The molecule has 0 radical (unpaired) electrons. The van der Waals surface area contributed by atoms with Crippen LogP contribution in [0.3, 0.4) is 0 Å². The van der Waals surface area contributed by atoms with E-state index in [0.717, 1.165) is 0 Å². The number of fused-ring (bicyclic) bond motifs is 1. The van der Waals surface area contributed by atoms with Gasteiger partial charge in [-0.15, -0.1) is 0 Å². The SMILES string of the molecule is COc1ccc(S(=O)(=O)NCc2ccc3c(c2)OCO3)cc1NC(=O)c1ccc(Cl)cc1. The minimum absolute atomic E-state index is 0.0227. The molecular weight excluding hydrogens is 456 g/mol. The summed E-state index contributed by atoms with van der Waals surface area (Å²) in [4.78, 5) is 12.5. The molecule has 3 aromatic rings. The lowest BCUT2D eigenvalue weighted by molar-refractivity contribution is 0.102. The Morgan fingerprint density at radius 3 is 2.53 bits per heavy atom. The molecule has 0 saturated heterocycles. The molecule has 8 nitrogen and oxygen atoms in total. The molecule has 0 aliphatic carbocycles. The third kappa shape index (κ3) is 4.80. The molecule has 0 bridgehead atoms. The maximum absolute atomic E-state index is 12.8. The summed E-state index contributed by atoms with van der Waals surface area (Å²) in [5.41, 5.74) is 1.30. The molecule has 1 aliphatic rings. The molecule has 1 amide bonds. The van der Waals surface area contributed by atoms with Crippen LogP contribution < -0.4 is 24.2 Å². The van der Waals surface area contributed by atoms with E-state index in [1.54, 1.807) is 42.5 Å². The van der Waals surface area contributed by atoms with Crippen molar-refractivity contribution in [1.29, 1.82) is 0 Å². The Hall–Kier alpha value is -3.27. The van der Waals surface area contributed by atoms with Crippen LogP contribution in [0.4, 0.5) is 5.69 Å². The van der Waals surface area contributed by atoms with Gasteiger partial charge >= 0.3 is 0 Å². The average molecular weight is 475 g/mol. The number of benzene rings is 3. The first kappa shape index (κ1) is 21.9. The van der Waals surface area contributed by atoms with Crippen molar-refractivity contribution in [2.75, 3.05) is 19.2 Å². The van der Waals surface area contributed by atoms with E-state index >= 15 is 0 Å². The molecule has 0 fully saturated rings. The van der Waals surface area contributed by atoms with E-state index in [1.165, 1.54) is 25.3 Å². The summed E-state index contributed by atoms with van der Waals surface area (Å²) in [7, 11) is -2.44. The second-order valence-corrected chi connectivity index (χ2v) is 9.04. The fourth-order valence-electron chi connectivity index (χ4n) is 3.06. The van der Waals surface area contributed by atoms with Crippen molar-refractivity contribution in [3.63, 3.8) is 0 Å². The lowest BCUT2D eigenvalue weighted by Gasteiger charge is -2.13. The Bertz CT molecular complexity index is 1260. The monoisotopic (exact) mass is 474 g/mol. The van der Waals surface area contributed by atoms with Crippen molar-refractivity contribution < 1.29 is 27.4 Å². The second kappa shape index (κ2) is 9.07. The zero-order chi connectivity index (χ0) is 22.7. The molecule has 2 N–H and O–H groups in total. The second-order valence-electron chi connectivity index (χ2n) is 6.84. The molecule has 10 heteroatoms. The van der Waals surface area contributed by atoms with Crippen molar-refractivity contribution >= 4 is 33.2 Å². The molecule has 3 aromatic carbocycles. The van der Waals surface area contributed by atoms with Crippen LogP contribution in [0.1, 0.15) is 15.9 Å². The van der Waals surface area contributed by atoms with Crippen molar-refractivity contribution in [3.8, 4) is 17.2 Å². The molecule has 1 aliphatic heterocycles. The number of sulfonamides is 1.